The zero-order valence-electron chi connectivity index (χ0n) is 21.0. The Hall–Kier alpha value is -0.730. The summed E-state index contributed by atoms with van der Waals surface area (Å²) in [6.45, 7) is 24.3. The molecule has 0 unspecified atom stereocenters. The van der Waals surface area contributed by atoms with Gasteiger partial charge >= 0.3 is 0 Å². The fourth-order valence-electron chi connectivity index (χ4n) is 4.34. The number of carbonyl (C=O) groups excluding carboxylic acids is 1. The van der Waals surface area contributed by atoms with Crippen molar-refractivity contribution in [3.63, 3.8) is 0 Å². The lowest BCUT2D eigenvalue weighted by Crippen LogP contribution is -2.49. The van der Waals surface area contributed by atoms with Crippen molar-refractivity contribution in [3.05, 3.63) is 0 Å². The zero-order valence-corrected chi connectivity index (χ0v) is 21.0. The summed E-state index contributed by atoms with van der Waals surface area (Å²) in [7, 11) is 0. The Morgan fingerprint density at radius 1 is 0.903 bits per heavy atom. The van der Waals surface area contributed by atoms with Gasteiger partial charge in [0.1, 0.15) is 6.61 Å². The molecular weight excluding hydrogens is 392 g/mol. The highest BCUT2D eigenvalue weighted by atomic mass is 16.5. The summed E-state index contributed by atoms with van der Waals surface area (Å²) in [6.07, 6.45) is 2.19. The fraction of sp³-hybridized carbons (Fsp3) is 0.958. The van der Waals surface area contributed by atoms with Crippen LogP contribution in [-0.4, -0.2) is 111 Å². The summed E-state index contributed by atoms with van der Waals surface area (Å²) in [6, 6.07) is 0. The standard InChI is InChI=1S/C24H48N4O3/c1-23(2,3)20-27-14-12-26(13-15-27)16-18-30-17-9-25-22(29)19-31-21-7-10-28(11-8-21)24(4,5)6/h21H,7-20H2,1-6H3,(H,25,29). The van der Waals surface area contributed by atoms with Gasteiger partial charge in [0.05, 0.1) is 19.3 Å². The van der Waals surface area contributed by atoms with Crippen molar-refractivity contribution in [2.24, 2.45) is 5.41 Å². The van der Waals surface area contributed by atoms with Gasteiger partial charge < -0.3 is 19.7 Å². The molecular formula is C24H48N4O3. The molecule has 0 saturated carbocycles. The molecule has 0 aromatic rings. The molecule has 1 amide bonds. The zero-order chi connectivity index (χ0) is 22.9. The monoisotopic (exact) mass is 440 g/mol. The van der Waals surface area contributed by atoms with E-state index in [4.69, 9.17) is 9.47 Å². The van der Waals surface area contributed by atoms with Crippen LogP contribution in [0.5, 0.6) is 0 Å². The number of hydrogen-bond acceptors (Lipinski definition) is 6. The Balaban J connectivity index is 1.43. The van der Waals surface area contributed by atoms with Crippen molar-refractivity contribution in [1.82, 2.24) is 20.0 Å². The first-order chi connectivity index (χ1) is 14.5. The Kier molecular flexibility index (Phi) is 10.7. The Bertz CT molecular complexity index is 514. The van der Waals surface area contributed by atoms with Crippen LogP contribution in [0.2, 0.25) is 0 Å². The first kappa shape index (κ1) is 26.5. The number of piperidine rings is 1. The van der Waals surface area contributed by atoms with Gasteiger partial charge in [0.15, 0.2) is 0 Å². The third kappa shape index (κ3) is 11.1. The Labute approximate surface area is 190 Å². The summed E-state index contributed by atoms with van der Waals surface area (Å²) in [5, 5.41) is 2.90. The van der Waals surface area contributed by atoms with Crippen LogP contribution in [0.25, 0.3) is 0 Å². The number of amides is 1. The molecule has 2 aliphatic rings. The molecule has 182 valence electrons. The summed E-state index contributed by atoms with van der Waals surface area (Å²) in [5.74, 6) is -0.0446. The van der Waals surface area contributed by atoms with E-state index in [9.17, 15) is 4.79 Å². The lowest BCUT2D eigenvalue weighted by atomic mass is 9.96. The number of nitrogens with one attached hydrogen (secondary N) is 1. The van der Waals surface area contributed by atoms with Gasteiger partial charge in [-0.25, -0.2) is 0 Å². The van der Waals surface area contributed by atoms with E-state index < -0.39 is 0 Å². The second kappa shape index (κ2) is 12.5. The average molecular weight is 441 g/mol. The number of piperazine rings is 1. The number of hydrogen-bond donors (Lipinski definition) is 1. The molecule has 2 aliphatic heterocycles. The number of carbonyl (C=O) groups is 1. The Morgan fingerprint density at radius 3 is 2.10 bits per heavy atom. The molecule has 0 bridgehead atoms. The lowest BCUT2D eigenvalue weighted by Gasteiger charge is -2.40. The smallest absolute Gasteiger partial charge is 0.246 e. The molecule has 0 aliphatic carbocycles. The normalized spacial score (nSPS) is 20.8. The lowest BCUT2D eigenvalue weighted by molar-refractivity contribution is -0.129. The van der Waals surface area contributed by atoms with Crippen LogP contribution in [0.4, 0.5) is 0 Å². The van der Waals surface area contributed by atoms with E-state index in [0.29, 0.717) is 18.6 Å². The third-order valence-corrected chi connectivity index (χ3v) is 6.12. The van der Waals surface area contributed by atoms with Gasteiger partial charge in [0, 0.05) is 64.4 Å². The van der Waals surface area contributed by atoms with Crippen LogP contribution in [0, 0.1) is 5.41 Å². The van der Waals surface area contributed by atoms with Crippen LogP contribution in [0.1, 0.15) is 54.4 Å². The van der Waals surface area contributed by atoms with E-state index >= 15 is 0 Å². The van der Waals surface area contributed by atoms with Gasteiger partial charge in [-0.1, -0.05) is 20.8 Å². The molecule has 2 rings (SSSR count). The summed E-state index contributed by atoms with van der Waals surface area (Å²) >= 11 is 0. The predicted octanol–water partition coefficient (Wildman–Crippen LogP) is 2.06. The molecule has 0 radical (unpaired) electrons. The van der Waals surface area contributed by atoms with Crippen molar-refractivity contribution < 1.29 is 14.3 Å². The number of ether oxygens (including phenoxy) is 2. The molecule has 2 saturated heterocycles. The van der Waals surface area contributed by atoms with Crippen molar-refractivity contribution >= 4 is 5.91 Å². The number of likely N-dealkylation sites (tertiary alicyclic amines) is 1. The van der Waals surface area contributed by atoms with Crippen molar-refractivity contribution in [1.29, 1.82) is 0 Å². The van der Waals surface area contributed by atoms with Gasteiger partial charge in [-0.3, -0.25) is 14.6 Å². The van der Waals surface area contributed by atoms with E-state index in [-0.39, 0.29) is 24.2 Å². The molecule has 7 nitrogen and oxygen atoms in total. The SMILES string of the molecule is CC(C)(C)CN1CCN(CCOCCNC(=O)COC2CCN(C(C)(C)C)CC2)CC1. The highest BCUT2D eigenvalue weighted by Gasteiger charge is 2.27. The largest absolute Gasteiger partial charge is 0.378 e. The second-order valence-corrected chi connectivity index (χ2v) is 11.3. The van der Waals surface area contributed by atoms with E-state index in [1.165, 1.54) is 0 Å². The minimum atomic E-state index is -0.0446. The van der Waals surface area contributed by atoms with E-state index in [1.807, 2.05) is 0 Å². The van der Waals surface area contributed by atoms with Gasteiger partial charge in [-0.05, 0) is 39.0 Å². The Morgan fingerprint density at radius 2 is 1.52 bits per heavy atom. The van der Waals surface area contributed by atoms with Crippen molar-refractivity contribution in [2.75, 3.05) is 78.7 Å². The fourth-order valence-corrected chi connectivity index (χ4v) is 4.34. The van der Waals surface area contributed by atoms with E-state index in [0.717, 1.165) is 71.8 Å². The van der Waals surface area contributed by atoms with Gasteiger partial charge in [0.25, 0.3) is 0 Å². The first-order valence-electron chi connectivity index (χ1n) is 12.2. The van der Waals surface area contributed by atoms with Gasteiger partial charge in [-0.15, -0.1) is 0 Å². The molecule has 7 heteroatoms. The maximum atomic E-state index is 12.0. The maximum Gasteiger partial charge on any atom is 0.246 e. The highest BCUT2D eigenvalue weighted by Crippen LogP contribution is 2.21. The number of rotatable bonds is 10. The quantitative estimate of drug-likeness (QED) is 0.525. The average Bonchev–Trinajstić information content (AvgIpc) is 2.69. The molecule has 31 heavy (non-hydrogen) atoms. The van der Waals surface area contributed by atoms with E-state index in [2.05, 4.69) is 61.6 Å². The summed E-state index contributed by atoms with van der Waals surface area (Å²) in [4.78, 5) is 19.5. The van der Waals surface area contributed by atoms with Crippen LogP contribution in [-0.2, 0) is 14.3 Å². The first-order valence-corrected chi connectivity index (χ1v) is 12.2. The molecule has 0 aromatic carbocycles. The van der Waals surface area contributed by atoms with Crippen LogP contribution >= 0.6 is 0 Å². The maximum absolute atomic E-state index is 12.0. The van der Waals surface area contributed by atoms with Crippen LogP contribution < -0.4 is 5.32 Å². The van der Waals surface area contributed by atoms with Crippen molar-refractivity contribution in [2.45, 2.75) is 66.0 Å². The van der Waals surface area contributed by atoms with E-state index in [1.54, 1.807) is 0 Å². The molecule has 1 N–H and O–H groups in total. The molecule has 2 fully saturated rings. The predicted molar refractivity (Wildman–Crippen MR) is 126 cm³/mol. The number of nitrogens with zero attached hydrogens (tertiary/aromatic N) is 3. The third-order valence-electron chi connectivity index (χ3n) is 6.12. The minimum Gasteiger partial charge on any atom is -0.378 e. The van der Waals surface area contributed by atoms with Gasteiger partial charge in [-0.2, -0.15) is 0 Å². The molecule has 0 atom stereocenters. The topological polar surface area (TPSA) is 57.3 Å². The van der Waals surface area contributed by atoms with Crippen LogP contribution in [0.15, 0.2) is 0 Å². The summed E-state index contributed by atoms with van der Waals surface area (Å²) < 4.78 is 11.5. The molecule has 2 heterocycles. The van der Waals surface area contributed by atoms with Crippen molar-refractivity contribution in [3.8, 4) is 0 Å². The highest BCUT2D eigenvalue weighted by molar-refractivity contribution is 5.77. The molecule has 0 aromatic heterocycles. The van der Waals surface area contributed by atoms with Gasteiger partial charge in [0.2, 0.25) is 5.91 Å². The van der Waals surface area contributed by atoms with Crippen LogP contribution in [0.3, 0.4) is 0 Å². The minimum absolute atomic E-state index is 0.0446. The summed E-state index contributed by atoms with van der Waals surface area (Å²) in [5.41, 5.74) is 0.577. The second-order valence-electron chi connectivity index (χ2n) is 11.3. The molecule has 0 spiro atoms.